The predicted molar refractivity (Wildman–Crippen MR) is 121 cm³/mol. The molecule has 9 nitrogen and oxygen atoms in total. The van der Waals surface area contributed by atoms with Crippen LogP contribution in [0.2, 0.25) is 12.6 Å². The highest BCUT2D eigenvalue weighted by molar-refractivity contribution is 6.80. The first-order valence-electron chi connectivity index (χ1n) is 10.3. The van der Waals surface area contributed by atoms with Crippen LogP contribution < -0.4 is 14.3 Å². The molecule has 0 aromatic heterocycles. The fourth-order valence-electron chi connectivity index (χ4n) is 3.36. The summed E-state index contributed by atoms with van der Waals surface area (Å²) >= 11 is 0. The van der Waals surface area contributed by atoms with Gasteiger partial charge in [-0.1, -0.05) is 30.3 Å². The molecule has 0 saturated heterocycles. The first-order chi connectivity index (χ1) is 15.6. The van der Waals surface area contributed by atoms with Gasteiger partial charge in [0.15, 0.2) is 0 Å². The molecule has 0 spiro atoms. The maximum absolute atomic E-state index is 11.5. The fraction of sp³-hybridized carbons (Fsp3) is 0.318. The number of hydrogen-bond acceptors (Lipinski definition) is 9. The molecule has 0 aliphatic carbocycles. The van der Waals surface area contributed by atoms with Gasteiger partial charge in [-0.2, -0.15) is 0 Å². The third-order valence-electron chi connectivity index (χ3n) is 4.71. The number of rotatable bonds is 8. The summed E-state index contributed by atoms with van der Waals surface area (Å²) in [6.45, 7) is 5.79. The Bertz CT molecular complexity index is 987. The van der Waals surface area contributed by atoms with E-state index < -0.39 is 35.3 Å². The Hall–Kier alpha value is -3.16. The highest BCUT2D eigenvalue weighted by Gasteiger charge is 2.52. The summed E-state index contributed by atoms with van der Waals surface area (Å²) in [5.74, 6) is -0.925. The second-order valence-corrected chi connectivity index (χ2v) is 13.0. The highest BCUT2D eigenvalue weighted by Crippen LogP contribution is 2.32. The molecule has 1 unspecified atom stereocenters. The summed E-state index contributed by atoms with van der Waals surface area (Å²) in [5.41, 5.74) is 0.830. The van der Waals surface area contributed by atoms with Crippen molar-refractivity contribution in [3.8, 4) is 11.5 Å². The van der Waals surface area contributed by atoms with Crippen LogP contribution >= 0.6 is 0 Å². The number of carbonyl (C=O) groups excluding carboxylic acids is 3. The van der Waals surface area contributed by atoms with Crippen molar-refractivity contribution < 1.29 is 41.3 Å². The van der Waals surface area contributed by atoms with E-state index in [1.165, 1.54) is 0 Å². The first kappa shape index (κ1) is 24.5. The van der Waals surface area contributed by atoms with Gasteiger partial charge >= 0.3 is 17.4 Å². The molecule has 1 aliphatic rings. The van der Waals surface area contributed by atoms with Gasteiger partial charge in [0.05, 0.1) is 19.3 Å². The van der Waals surface area contributed by atoms with E-state index in [0.717, 1.165) is 37.3 Å². The van der Waals surface area contributed by atoms with E-state index in [0.29, 0.717) is 12.4 Å². The van der Waals surface area contributed by atoms with E-state index in [2.05, 4.69) is 0 Å². The molecule has 1 aliphatic heterocycles. The zero-order chi connectivity index (χ0) is 24.1. The molecule has 176 valence electrons. The molecule has 1 heterocycles. The van der Waals surface area contributed by atoms with Gasteiger partial charge in [0, 0.05) is 31.5 Å². The van der Waals surface area contributed by atoms with Crippen molar-refractivity contribution in [3.05, 3.63) is 54.1 Å². The molecule has 0 bridgehead atoms. The van der Waals surface area contributed by atoms with Crippen molar-refractivity contribution in [1.29, 1.82) is 0 Å². The van der Waals surface area contributed by atoms with Crippen molar-refractivity contribution in [2.75, 3.05) is 6.61 Å². The van der Waals surface area contributed by atoms with E-state index in [1.54, 1.807) is 12.1 Å². The van der Waals surface area contributed by atoms with Crippen molar-refractivity contribution in [2.45, 2.75) is 40.0 Å². The molecule has 0 fully saturated rings. The molecular weight excluding hydrogens is 464 g/mol. The van der Waals surface area contributed by atoms with Crippen LogP contribution in [0.4, 0.5) is 0 Å². The number of carbonyl (C=O) groups is 3. The molecular formula is C22H26O9Si2. The lowest BCUT2D eigenvalue weighted by atomic mass is 10.2. The van der Waals surface area contributed by atoms with E-state index in [4.69, 9.17) is 26.9 Å². The molecule has 2 aromatic carbocycles. The Kier molecular flexibility index (Phi) is 7.56. The minimum absolute atomic E-state index is 0.0168. The molecule has 11 heteroatoms. The fourth-order valence-corrected chi connectivity index (χ4v) is 7.65. The number of fused-ring (bicyclic) bond motifs is 1. The maximum Gasteiger partial charge on any atom is 0.708 e. The topological polar surface area (TPSA) is 107 Å². The summed E-state index contributed by atoms with van der Waals surface area (Å²) in [7, 11) is -6.50. The first-order valence-corrected chi connectivity index (χ1v) is 14.6. The lowest BCUT2D eigenvalue weighted by Gasteiger charge is -2.33. The van der Waals surface area contributed by atoms with Gasteiger partial charge in [0.2, 0.25) is 0 Å². The van der Waals surface area contributed by atoms with E-state index in [-0.39, 0.29) is 12.7 Å². The van der Waals surface area contributed by atoms with Crippen molar-refractivity contribution in [2.24, 2.45) is 0 Å². The van der Waals surface area contributed by atoms with Crippen LogP contribution in [0.5, 0.6) is 11.5 Å². The molecule has 0 saturated carbocycles. The number of benzene rings is 2. The van der Waals surface area contributed by atoms with Crippen LogP contribution in [0, 0.1) is 0 Å². The zero-order valence-corrected chi connectivity index (χ0v) is 20.9. The van der Waals surface area contributed by atoms with E-state index >= 15 is 0 Å². The quantitative estimate of drug-likeness (QED) is 0.516. The van der Waals surface area contributed by atoms with Crippen LogP contribution in [0.1, 0.15) is 26.3 Å². The summed E-state index contributed by atoms with van der Waals surface area (Å²) in [4.78, 5) is 34.6. The van der Waals surface area contributed by atoms with Gasteiger partial charge in [-0.05, 0) is 24.7 Å². The third-order valence-corrected chi connectivity index (χ3v) is 10.0. The zero-order valence-electron chi connectivity index (χ0n) is 18.9. The molecule has 1 atom stereocenters. The summed E-state index contributed by atoms with van der Waals surface area (Å²) in [6, 6.07) is 15.1. The van der Waals surface area contributed by atoms with Gasteiger partial charge in [-0.3, -0.25) is 14.4 Å². The van der Waals surface area contributed by atoms with E-state index in [1.807, 2.05) is 42.9 Å². The Morgan fingerprint density at radius 2 is 1.55 bits per heavy atom. The number of ether oxygens (including phenoxy) is 1. The normalized spacial score (nSPS) is 17.2. The SMILES string of the molecule is CC(=O)O[Si](CCOc1ccc2c(c1)CO[Si](C)(c1ccccc1)O2)(OC(C)=O)OC(C)=O. The molecule has 3 rings (SSSR count). The molecule has 0 amide bonds. The average molecular weight is 491 g/mol. The van der Waals surface area contributed by atoms with Crippen LogP contribution in [-0.2, 0) is 38.7 Å². The van der Waals surface area contributed by atoms with Crippen LogP contribution in [-0.4, -0.2) is 41.9 Å². The van der Waals surface area contributed by atoms with Gasteiger partial charge in [-0.15, -0.1) is 0 Å². The van der Waals surface area contributed by atoms with Crippen molar-refractivity contribution in [3.63, 3.8) is 0 Å². The van der Waals surface area contributed by atoms with Crippen molar-refractivity contribution >= 4 is 40.5 Å². The van der Waals surface area contributed by atoms with Gasteiger partial charge in [0.25, 0.3) is 17.9 Å². The Labute approximate surface area is 194 Å². The van der Waals surface area contributed by atoms with Crippen molar-refractivity contribution in [1.82, 2.24) is 0 Å². The molecule has 33 heavy (non-hydrogen) atoms. The Morgan fingerprint density at radius 3 is 2.12 bits per heavy atom. The van der Waals surface area contributed by atoms with Crippen LogP contribution in [0.15, 0.2) is 48.5 Å². The summed E-state index contributed by atoms with van der Waals surface area (Å²) < 4.78 is 33.6. The van der Waals surface area contributed by atoms with Crippen LogP contribution in [0.3, 0.4) is 0 Å². The second-order valence-electron chi connectivity index (χ2n) is 7.53. The monoisotopic (exact) mass is 490 g/mol. The number of hydrogen-bond donors (Lipinski definition) is 0. The Morgan fingerprint density at radius 1 is 0.939 bits per heavy atom. The van der Waals surface area contributed by atoms with E-state index in [9.17, 15) is 14.4 Å². The minimum Gasteiger partial charge on any atom is -0.517 e. The average Bonchev–Trinajstić information content (AvgIpc) is 2.73. The Balaban J connectivity index is 1.69. The molecule has 0 N–H and O–H groups in total. The van der Waals surface area contributed by atoms with Gasteiger partial charge < -0.3 is 26.9 Å². The lowest BCUT2D eigenvalue weighted by Crippen LogP contribution is -2.55. The minimum atomic E-state index is -3.94. The summed E-state index contributed by atoms with van der Waals surface area (Å²) in [5, 5.41) is 1.04. The highest BCUT2D eigenvalue weighted by atomic mass is 28.4. The molecule has 0 radical (unpaired) electrons. The standard InChI is InChI=1S/C22H26O9Si2/c1-16(23)28-33(29-17(2)24,30-18(3)25)13-12-26-20-10-11-22-19(14-20)15-27-32(4,31-22)21-8-6-5-7-9-21/h5-11,14H,12-13,15H2,1-4H3. The summed E-state index contributed by atoms with van der Waals surface area (Å²) in [6.07, 6.45) is 0. The smallest absolute Gasteiger partial charge is 0.517 e. The second kappa shape index (κ2) is 10.2. The predicted octanol–water partition coefficient (Wildman–Crippen LogP) is 2.58. The lowest BCUT2D eigenvalue weighted by molar-refractivity contribution is -0.147. The van der Waals surface area contributed by atoms with Gasteiger partial charge in [-0.25, -0.2) is 0 Å². The molecule has 2 aromatic rings. The van der Waals surface area contributed by atoms with Gasteiger partial charge in [0.1, 0.15) is 11.5 Å². The third kappa shape index (κ3) is 6.43. The maximum atomic E-state index is 11.5. The van der Waals surface area contributed by atoms with Crippen LogP contribution in [0.25, 0.3) is 0 Å². The largest absolute Gasteiger partial charge is 0.708 e.